The maximum atomic E-state index is 11.8. The molecule has 0 aliphatic carbocycles. The van der Waals surface area contributed by atoms with Crippen LogP contribution in [-0.2, 0) is 17.9 Å². The predicted octanol–water partition coefficient (Wildman–Crippen LogP) is 1.35. The van der Waals surface area contributed by atoms with Crippen molar-refractivity contribution in [3.8, 4) is 0 Å². The van der Waals surface area contributed by atoms with E-state index in [2.05, 4.69) is 10.5 Å². The molecule has 0 atom stereocenters. The van der Waals surface area contributed by atoms with Crippen LogP contribution in [0.1, 0.15) is 38.1 Å². The molecule has 8 heteroatoms. The van der Waals surface area contributed by atoms with E-state index in [0.717, 1.165) is 0 Å². The van der Waals surface area contributed by atoms with Crippen molar-refractivity contribution < 1.29 is 28.4 Å². The lowest BCUT2D eigenvalue weighted by Crippen LogP contribution is -2.22. The lowest BCUT2D eigenvalue weighted by atomic mass is 10.2. The van der Waals surface area contributed by atoms with Gasteiger partial charge in [-0.2, -0.15) is 0 Å². The number of aromatic nitrogens is 1. The molecule has 0 aliphatic heterocycles. The molecule has 2 rings (SSSR count). The van der Waals surface area contributed by atoms with Gasteiger partial charge in [-0.1, -0.05) is 5.16 Å². The number of hydrogen-bond donors (Lipinski definition) is 2. The first-order valence-electron chi connectivity index (χ1n) is 6.06. The molecule has 8 nitrogen and oxygen atoms in total. The highest BCUT2D eigenvalue weighted by Gasteiger charge is 2.16. The molecule has 21 heavy (non-hydrogen) atoms. The maximum Gasteiger partial charge on any atom is 0.339 e. The van der Waals surface area contributed by atoms with Crippen molar-refractivity contribution in [3.05, 3.63) is 40.7 Å². The van der Waals surface area contributed by atoms with Crippen LogP contribution in [0.4, 0.5) is 0 Å². The number of hydrogen-bond acceptors (Lipinski definition) is 6. The summed E-state index contributed by atoms with van der Waals surface area (Å²) in [7, 11) is 1.50. The van der Waals surface area contributed by atoms with Gasteiger partial charge in [0.1, 0.15) is 23.7 Å². The first-order chi connectivity index (χ1) is 10.0. The van der Waals surface area contributed by atoms with E-state index in [9.17, 15) is 9.59 Å². The van der Waals surface area contributed by atoms with Crippen molar-refractivity contribution in [3.63, 3.8) is 0 Å². The summed E-state index contributed by atoms with van der Waals surface area (Å²) in [5.41, 5.74) is 0.187. The van der Waals surface area contributed by atoms with Gasteiger partial charge in [0.2, 0.25) is 0 Å². The van der Waals surface area contributed by atoms with Crippen molar-refractivity contribution in [2.24, 2.45) is 0 Å². The Kier molecular flexibility index (Phi) is 4.39. The molecule has 2 aromatic rings. The predicted molar refractivity (Wildman–Crippen MR) is 68.8 cm³/mol. The molecule has 2 heterocycles. The van der Waals surface area contributed by atoms with Crippen LogP contribution in [-0.4, -0.2) is 29.2 Å². The molecule has 0 radical (unpaired) electrons. The van der Waals surface area contributed by atoms with Crippen LogP contribution in [0.2, 0.25) is 0 Å². The second kappa shape index (κ2) is 6.23. The zero-order valence-corrected chi connectivity index (χ0v) is 11.5. The fourth-order valence-electron chi connectivity index (χ4n) is 1.73. The number of carboxylic acids is 1. The number of amides is 1. The third kappa shape index (κ3) is 3.48. The van der Waals surface area contributed by atoms with Gasteiger partial charge in [0.05, 0.1) is 6.54 Å². The molecule has 0 aromatic carbocycles. The van der Waals surface area contributed by atoms with E-state index in [4.69, 9.17) is 18.8 Å². The van der Waals surface area contributed by atoms with E-state index >= 15 is 0 Å². The number of carbonyl (C=O) groups is 2. The van der Waals surface area contributed by atoms with Gasteiger partial charge >= 0.3 is 5.97 Å². The van der Waals surface area contributed by atoms with E-state index in [0.29, 0.717) is 11.5 Å². The highest BCUT2D eigenvalue weighted by atomic mass is 16.5. The molecule has 0 aliphatic rings. The third-order valence-electron chi connectivity index (χ3n) is 2.70. The summed E-state index contributed by atoms with van der Waals surface area (Å²) in [5, 5.41) is 15.1. The quantitative estimate of drug-likeness (QED) is 0.826. The van der Waals surface area contributed by atoms with Gasteiger partial charge in [-0.3, -0.25) is 4.79 Å². The van der Waals surface area contributed by atoms with Crippen molar-refractivity contribution in [2.75, 3.05) is 7.11 Å². The molecule has 112 valence electrons. The van der Waals surface area contributed by atoms with Gasteiger partial charge in [-0.15, -0.1) is 0 Å². The summed E-state index contributed by atoms with van der Waals surface area (Å²) >= 11 is 0. The number of carbonyl (C=O) groups excluding carboxylic acids is 1. The summed E-state index contributed by atoms with van der Waals surface area (Å²) in [5.74, 6) is -0.458. The van der Waals surface area contributed by atoms with Gasteiger partial charge in [-0.25, -0.2) is 4.79 Å². The van der Waals surface area contributed by atoms with E-state index < -0.39 is 11.9 Å². The van der Waals surface area contributed by atoms with E-state index in [1.807, 2.05) is 0 Å². The molecule has 2 aromatic heterocycles. The Labute approximate surface area is 119 Å². The fraction of sp³-hybridized carbons (Fsp3) is 0.308. The molecule has 2 N–H and O–H groups in total. The molecular weight excluding hydrogens is 280 g/mol. The number of ether oxygens (including phenoxy) is 1. The standard InChI is InChI=1S/C13H14N2O6/c1-7-10(13(17)18)3-8(20-7)5-14-12(16)11-4-9(6-19-2)21-15-11/h3-4H,5-6H2,1-2H3,(H,14,16)(H,17,18). The summed E-state index contributed by atoms with van der Waals surface area (Å²) in [6, 6.07) is 2.84. The van der Waals surface area contributed by atoms with E-state index in [-0.39, 0.29) is 30.2 Å². The minimum Gasteiger partial charge on any atom is -0.478 e. The normalized spacial score (nSPS) is 10.6. The molecule has 0 saturated carbocycles. The third-order valence-corrected chi connectivity index (χ3v) is 2.70. The van der Waals surface area contributed by atoms with E-state index in [1.54, 1.807) is 6.92 Å². The Morgan fingerprint density at radius 2 is 2.14 bits per heavy atom. The minimum atomic E-state index is -1.07. The van der Waals surface area contributed by atoms with Gasteiger partial charge in [0.25, 0.3) is 5.91 Å². The smallest absolute Gasteiger partial charge is 0.339 e. The molecule has 0 fully saturated rings. The van der Waals surface area contributed by atoms with E-state index in [1.165, 1.54) is 19.2 Å². The number of nitrogens with one attached hydrogen (secondary N) is 1. The van der Waals surface area contributed by atoms with Crippen LogP contribution in [0.5, 0.6) is 0 Å². The number of carboxylic acid groups (broad SMARTS) is 1. The molecule has 0 spiro atoms. The highest BCUT2D eigenvalue weighted by molar-refractivity contribution is 5.92. The number of aromatic carboxylic acids is 1. The SMILES string of the molecule is COCc1cc(C(=O)NCc2cc(C(=O)O)c(C)o2)no1. The summed E-state index contributed by atoms with van der Waals surface area (Å²) in [4.78, 5) is 22.7. The minimum absolute atomic E-state index is 0.0550. The van der Waals surface area contributed by atoms with Crippen LogP contribution in [0.15, 0.2) is 21.1 Å². The summed E-state index contributed by atoms with van der Waals surface area (Å²) in [6.07, 6.45) is 0. The van der Waals surface area contributed by atoms with Crippen LogP contribution in [0.3, 0.4) is 0 Å². The Hall–Kier alpha value is -2.61. The number of furan rings is 1. The Morgan fingerprint density at radius 1 is 1.38 bits per heavy atom. The van der Waals surface area contributed by atoms with Crippen LogP contribution < -0.4 is 5.32 Å². The molecular formula is C13H14N2O6. The molecule has 0 unspecified atom stereocenters. The highest BCUT2D eigenvalue weighted by Crippen LogP contribution is 2.14. The second-order valence-electron chi connectivity index (χ2n) is 4.28. The van der Waals surface area contributed by atoms with Crippen molar-refractivity contribution in [2.45, 2.75) is 20.1 Å². The Morgan fingerprint density at radius 3 is 2.76 bits per heavy atom. The van der Waals surface area contributed by atoms with Crippen molar-refractivity contribution in [1.82, 2.24) is 10.5 Å². The molecule has 1 amide bonds. The monoisotopic (exact) mass is 294 g/mol. The average molecular weight is 294 g/mol. The fourth-order valence-corrected chi connectivity index (χ4v) is 1.73. The first-order valence-corrected chi connectivity index (χ1v) is 6.06. The van der Waals surface area contributed by atoms with Crippen molar-refractivity contribution in [1.29, 1.82) is 0 Å². The van der Waals surface area contributed by atoms with Gasteiger partial charge in [-0.05, 0) is 13.0 Å². The maximum absolute atomic E-state index is 11.8. The van der Waals surface area contributed by atoms with Gasteiger partial charge in [0, 0.05) is 13.2 Å². The largest absolute Gasteiger partial charge is 0.478 e. The number of aryl methyl sites for hydroxylation is 1. The van der Waals surface area contributed by atoms with Gasteiger partial charge in [0.15, 0.2) is 11.5 Å². The molecule has 0 saturated heterocycles. The van der Waals surface area contributed by atoms with Gasteiger partial charge < -0.3 is 24.1 Å². The lowest BCUT2D eigenvalue weighted by molar-refractivity contribution is 0.0694. The summed E-state index contributed by atoms with van der Waals surface area (Å²) in [6.45, 7) is 1.82. The Balaban J connectivity index is 1.97. The number of nitrogens with zero attached hydrogens (tertiary/aromatic N) is 1. The lowest BCUT2D eigenvalue weighted by Gasteiger charge is -1.98. The topological polar surface area (TPSA) is 115 Å². The van der Waals surface area contributed by atoms with Crippen LogP contribution in [0.25, 0.3) is 0 Å². The van der Waals surface area contributed by atoms with Crippen LogP contribution in [0, 0.1) is 6.92 Å². The molecule has 0 bridgehead atoms. The average Bonchev–Trinajstić information content (AvgIpc) is 3.03. The second-order valence-corrected chi connectivity index (χ2v) is 4.28. The van der Waals surface area contributed by atoms with Crippen LogP contribution >= 0.6 is 0 Å². The number of rotatable bonds is 6. The van der Waals surface area contributed by atoms with Crippen molar-refractivity contribution >= 4 is 11.9 Å². The summed E-state index contributed by atoms with van der Waals surface area (Å²) < 4.78 is 15.0. The zero-order valence-electron chi connectivity index (χ0n) is 11.5. The first kappa shape index (κ1) is 14.8. The Bertz CT molecular complexity index is 657. The number of methoxy groups -OCH3 is 1. The zero-order chi connectivity index (χ0) is 15.4.